The van der Waals surface area contributed by atoms with Crippen molar-refractivity contribution in [1.29, 1.82) is 0 Å². The van der Waals surface area contributed by atoms with Crippen LogP contribution in [0.1, 0.15) is 0 Å². The van der Waals surface area contributed by atoms with Crippen LogP contribution in [0.2, 0.25) is 0 Å². The molecule has 0 saturated heterocycles. The van der Waals surface area contributed by atoms with Gasteiger partial charge >= 0.3 is 163 Å². The summed E-state index contributed by atoms with van der Waals surface area (Å²) in [7, 11) is 0. The summed E-state index contributed by atoms with van der Waals surface area (Å²) >= 11 is 0. The Morgan fingerprint density at radius 3 is 0.447 bits per heavy atom. The zero-order valence-corrected chi connectivity index (χ0v) is 39.9. The molecular weight excluding hydrogens is 1550 g/mol. The molecule has 0 rings (SSSR count). The lowest BCUT2D eigenvalue weighted by atomic mass is 10.2. The van der Waals surface area contributed by atoms with Crippen molar-refractivity contribution in [3.05, 3.63) is 12.4 Å². The van der Waals surface area contributed by atoms with Gasteiger partial charge in [0.05, 0.1) is 0 Å². The van der Waals surface area contributed by atoms with Gasteiger partial charge in [-0.25, -0.2) is 42.7 Å². The fourth-order valence-corrected chi connectivity index (χ4v) is 3.99. The van der Waals surface area contributed by atoms with Crippen molar-refractivity contribution in [2.75, 3.05) is 6.61 Å². The molecule has 0 aromatic carbocycles. The van der Waals surface area contributed by atoms with Gasteiger partial charge in [0.25, 0.3) is 0 Å². The van der Waals surface area contributed by atoms with Gasteiger partial charge in [0.2, 0.25) is 5.83 Å². The molecule has 0 heterocycles. The average Bonchev–Trinajstić information content (AvgIpc) is 0.734. The highest BCUT2D eigenvalue weighted by Crippen LogP contribution is 2.63. The lowest BCUT2D eigenvalue weighted by Gasteiger charge is -2.40. The van der Waals surface area contributed by atoms with Crippen LogP contribution >= 0.6 is 0 Å². The Morgan fingerprint density at radius 1 is 0.213 bits per heavy atom. The molecule has 94 heavy (non-hydrogen) atoms. The Morgan fingerprint density at radius 2 is 0.330 bits per heavy atom. The maximum atomic E-state index is 14.0. The molecule has 64 heteroatoms. The van der Waals surface area contributed by atoms with E-state index < -0.39 is 176 Å². The summed E-state index contributed by atoms with van der Waals surface area (Å²) in [5.74, 6) is -86.9. The third-order valence-electron chi connectivity index (χ3n) is 8.92. The Hall–Kier alpha value is -4.89. The first-order valence-electron chi connectivity index (χ1n) is 19.4. The van der Waals surface area contributed by atoms with Gasteiger partial charge in [-0.2, -0.15) is 237 Å². The number of esters is 1. The minimum atomic E-state index is -9.67. The van der Waals surface area contributed by atoms with Crippen molar-refractivity contribution >= 4 is 5.97 Å². The number of carbonyl (C=O) groups excluding carboxylic acids is 1. The molecule has 0 aliphatic rings. The summed E-state index contributed by atoms with van der Waals surface area (Å²) in [6, 6.07) is 0. The average molecular weight is 1550 g/mol. The Bertz CT molecular complexity index is 2670. The van der Waals surface area contributed by atoms with E-state index in [1.54, 1.807) is 0 Å². The van der Waals surface area contributed by atoms with Crippen LogP contribution in [0.3, 0.4) is 0 Å². The van der Waals surface area contributed by atoms with Crippen molar-refractivity contribution in [2.24, 2.45) is 0 Å². The molecule has 0 saturated carbocycles. The van der Waals surface area contributed by atoms with Crippen LogP contribution in [-0.4, -0.2) is 170 Å². The molecule has 0 unspecified atom stereocenters. The van der Waals surface area contributed by atoms with Crippen LogP contribution < -0.4 is 0 Å². The monoisotopic (exact) mass is 1550 g/mol. The minimum absolute atomic E-state index is 0.508. The first-order valence-corrected chi connectivity index (χ1v) is 19.4. The van der Waals surface area contributed by atoms with Gasteiger partial charge in [0.15, 0.2) is 6.61 Å². The van der Waals surface area contributed by atoms with Crippen molar-refractivity contribution in [3.63, 3.8) is 0 Å². The number of alkyl halides is 53. The molecule has 0 aliphatic carbocycles. The predicted molar refractivity (Wildman–Crippen MR) is 160 cm³/mol. The van der Waals surface area contributed by atoms with E-state index in [-0.39, 0.29) is 0 Å². The largest absolute Gasteiger partial charge is 0.462 e. The van der Waals surface area contributed by atoms with E-state index in [2.05, 4.69) is 4.74 Å². The Balaban J connectivity index is 7.13. The van der Waals surface area contributed by atoms with Crippen LogP contribution in [0, 0.1) is 0 Å². The number of rotatable bonds is 35. The normalized spacial score (nSPS) is 16.7. The second-order valence-corrected chi connectivity index (χ2v) is 15.9. The summed E-state index contributed by atoms with van der Waals surface area (Å²) in [6.07, 6.45) is -154. The van der Waals surface area contributed by atoms with Crippen molar-refractivity contribution in [2.45, 2.75) is 157 Å². The van der Waals surface area contributed by atoms with E-state index in [0.717, 1.165) is 9.47 Å². The third-order valence-corrected chi connectivity index (χ3v) is 8.92. The van der Waals surface area contributed by atoms with Gasteiger partial charge in [-0.05, 0) is 0 Å². The van der Waals surface area contributed by atoms with Gasteiger partial charge in [0.1, 0.15) is 0 Å². The molecule has 0 aliphatic heterocycles. The van der Waals surface area contributed by atoms with Crippen molar-refractivity contribution < 1.29 is 285 Å². The van der Waals surface area contributed by atoms with E-state index in [1.165, 1.54) is 4.74 Å². The lowest BCUT2D eigenvalue weighted by Crippen LogP contribution is -2.69. The molecule has 0 radical (unpaired) electrons. The van der Waals surface area contributed by atoms with Gasteiger partial charge < -0.3 is 4.74 Å². The van der Waals surface area contributed by atoms with E-state index in [1.807, 2.05) is 6.58 Å². The first-order chi connectivity index (χ1) is 39.7. The quantitative estimate of drug-likeness (QED) is 0.0346. The molecule has 0 aromatic heterocycles. The van der Waals surface area contributed by atoms with Crippen molar-refractivity contribution in [1.82, 2.24) is 0 Å². The van der Waals surface area contributed by atoms with Gasteiger partial charge in [-0.3, -0.25) is 0 Å². The summed E-state index contributed by atoms with van der Waals surface area (Å²) < 4.78 is 743. The van der Waals surface area contributed by atoms with E-state index >= 15 is 0 Å². The van der Waals surface area contributed by atoms with Crippen LogP contribution in [0.5, 0.6) is 0 Å². The summed E-state index contributed by atoms with van der Waals surface area (Å²) in [5, 5.41) is 0. The Kier molecular flexibility index (Phi) is 22.7. The fraction of sp³-hybridized carbons (Fsp3) is 0.900. The lowest BCUT2D eigenvalue weighted by molar-refractivity contribution is -0.576. The maximum absolute atomic E-state index is 14.0. The van der Waals surface area contributed by atoms with E-state index in [0.29, 0.717) is 23.7 Å². The van der Waals surface area contributed by atoms with Crippen LogP contribution in [-0.2, 0) is 47.4 Å². The van der Waals surface area contributed by atoms with Crippen LogP contribution in [0.25, 0.3) is 0 Å². The number of hydrogen-bond donors (Lipinski definition) is 0. The molecule has 0 spiro atoms. The van der Waals surface area contributed by atoms with E-state index in [4.69, 9.17) is 0 Å². The smallest absolute Gasteiger partial charge is 0.454 e. The fourth-order valence-electron chi connectivity index (χ4n) is 3.99. The van der Waals surface area contributed by atoms with E-state index in [9.17, 15) is 242 Å². The second kappa shape index (κ2) is 23.9. The highest BCUT2D eigenvalue weighted by molar-refractivity contribution is 5.85. The zero-order valence-electron chi connectivity index (χ0n) is 39.9. The summed E-state index contributed by atoms with van der Waals surface area (Å²) in [5.41, 5.74) is 0. The summed E-state index contributed by atoms with van der Waals surface area (Å²) in [4.78, 5) is 10.6. The van der Waals surface area contributed by atoms with Crippen LogP contribution in [0.4, 0.5) is 237 Å². The molecule has 0 fully saturated rings. The number of carbonyl (C=O) groups is 1. The standard InChI is InChI=1S/C30H4F54O10/c1-3(31)4(85)86-2-5(32,33)15(53,54)87-17(57,58)7(36,37)19(61,62)89-21(65,66)9(40,41)23(69,70)91-25(73,74)11(44,45)27(77,78)93-29(81,82)13(48,49)30(83,84)94-28(79,80)12(46,47)26(75,76)92-24(71,72)10(42,43)22(67,68)90-20(63,64)8(38,39)18(59,60)88-16(55,56)6(34,35)14(50,51)52/h1-2H2. The topological polar surface area (TPSA) is 100 Å². The molecule has 10 nitrogen and oxygen atoms in total. The highest BCUT2D eigenvalue weighted by atomic mass is 19.4. The molecule has 0 N–H and O–H groups in total. The van der Waals surface area contributed by atoms with Crippen LogP contribution in [0.15, 0.2) is 12.4 Å². The number of halogens is 54. The SMILES string of the molecule is C=C(F)C(=O)OCC(F)(F)C(F)(F)OC(F)(F)C(F)(F)C(F)(F)OC(F)(F)C(F)(F)C(F)(F)OC(F)(F)C(F)(F)C(F)(F)OC(F)(F)C(F)(F)C(F)(F)OC(F)(F)C(F)(F)C(F)(F)OC(F)(F)C(F)(F)C(F)(F)OC(F)(F)C(F)(F)C(F)(F)OC(F)(F)C(F)(F)C(F)(F)F. The molecule has 0 aromatic rings. The molecule has 0 amide bonds. The maximum Gasteiger partial charge on any atom is 0.462 e. The molecule has 0 atom stereocenters. The summed E-state index contributed by atoms with van der Waals surface area (Å²) in [6.45, 7) is -1.76. The highest BCUT2D eigenvalue weighted by Gasteiger charge is 2.92. The van der Waals surface area contributed by atoms with Gasteiger partial charge in [0, 0.05) is 0 Å². The molecular formula is C30H4F54O10. The van der Waals surface area contributed by atoms with Crippen molar-refractivity contribution in [3.8, 4) is 0 Å². The third kappa shape index (κ3) is 15.2. The molecule has 0 bridgehead atoms. The number of ether oxygens (including phenoxy) is 9. The first kappa shape index (κ1) is 89.1. The van der Waals surface area contributed by atoms with Gasteiger partial charge in [-0.15, -0.1) is 0 Å². The minimum Gasteiger partial charge on any atom is -0.454 e. The molecule has 562 valence electrons. The zero-order chi connectivity index (χ0) is 77.2. The van der Waals surface area contributed by atoms with Gasteiger partial charge in [-0.1, -0.05) is 6.58 Å². The second-order valence-electron chi connectivity index (χ2n) is 15.9. The number of hydrogen-bond acceptors (Lipinski definition) is 10. The Labute approximate surface area is 468 Å². The predicted octanol–water partition coefficient (Wildman–Crippen LogP) is 16.9.